The van der Waals surface area contributed by atoms with Crippen LogP contribution in [0.1, 0.15) is 50.4 Å². The summed E-state index contributed by atoms with van der Waals surface area (Å²) in [7, 11) is 0. The Morgan fingerprint density at radius 2 is 2.18 bits per heavy atom. The quantitative estimate of drug-likeness (QED) is 0.852. The first-order valence-electron chi connectivity index (χ1n) is 6.99. The third-order valence-electron chi connectivity index (χ3n) is 4.02. The van der Waals surface area contributed by atoms with Gasteiger partial charge in [0, 0.05) is 18.3 Å². The van der Waals surface area contributed by atoms with Crippen LogP contribution in [0.25, 0.3) is 0 Å². The Balaban J connectivity index is 1.87. The summed E-state index contributed by atoms with van der Waals surface area (Å²) in [4.78, 5) is 0. The molecule has 0 radical (unpaired) electrons. The standard InChI is InChI=1S/C14H25N3/c1-3-17-13(10-11(2)16-17)8-9-14(15)12-6-4-5-7-12/h10,12,14H,3-9,15H2,1-2H3. The van der Waals surface area contributed by atoms with Crippen molar-refractivity contribution in [2.45, 2.75) is 65.0 Å². The van der Waals surface area contributed by atoms with Crippen LogP contribution in [-0.2, 0) is 13.0 Å². The Morgan fingerprint density at radius 1 is 1.47 bits per heavy atom. The van der Waals surface area contributed by atoms with Crippen molar-refractivity contribution in [3.05, 3.63) is 17.5 Å². The Hall–Kier alpha value is -0.830. The third kappa shape index (κ3) is 3.09. The molecule has 1 aliphatic carbocycles. The highest BCUT2D eigenvalue weighted by Crippen LogP contribution is 2.28. The number of aryl methyl sites for hydroxylation is 3. The smallest absolute Gasteiger partial charge is 0.0596 e. The van der Waals surface area contributed by atoms with Gasteiger partial charge in [-0.1, -0.05) is 12.8 Å². The van der Waals surface area contributed by atoms with E-state index in [4.69, 9.17) is 5.73 Å². The molecule has 0 spiro atoms. The molecule has 2 rings (SSSR count). The van der Waals surface area contributed by atoms with E-state index in [-0.39, 0.29) is 0 Å². The van der Waals surface area contributed by atoms with Gasteiger partial charge >= 0.3 is 0 Å². The molecule has 17 heavy (non-hydrogen) atoms. The minimum absolute atomic E-state index is 0.387. The van der Waals surface area contributed by atoms with Crippen molar-refractivity contribution < 1.29 is 0 Å². The summed E-state index contributed by atoms with van der Waals surface area (Å²) in [6.45, 7) is 5.17. The lowest BCUT2D eigenvalue weighted by Gasteiger charge is -2.18. The van der Waals surface area contributed by atoms with E-state index in [1.807, 2.05) is 0 Å². The van der Waals surface area contributed by atoms with Gasteiger partial charge in [0.15, 0.2) is 0 Å². The van der Waals surface area contributed by atoms with Gasteiger partial charge in [0.25, 0.3) is 0 Å². The van der Waals surface area contributed by atoms with Gasteiger partial charge in [-0.25, -0.2) is 0 Å². The summed E-state index contributed by atoms with van der Waals surface area (Å²) >= 11 is 0. The largest absolute Gasteiger partial charge is 0.327 e. The van der Waals surface area contributed by atoms with Crippen molar-refractivity contribution in [2.24, 2.45) is 11.7 Å². The van der Waals surface area contributed by atoms with Gasteiger partial charge in [0.05, 0.1) is 5.69 Å². The van der Waals surface area contributed by atoms with Gasteiger partial charge in [0.1, 0.15) is 0 Å². The first-order chi connectivity index (χ1) is 8.20. The summed E-state index contributed by atoms with van der Waals surface area (Å²) in [5.41, 5.74) is 8.76. The summed E-state index contributed by atoms with van der Waals surface area (Å²) in [6, 6.07) is 2.59. The molecule has 0 bridgehead atoms. The van der Waals surface area contributed by atoms with Crippen LogP contribution in [0.3, 0.4) is 0 Å². The van der Waals surface area contributed by atoms with Crippen molar-refractivity contribution in [1.29, 1.82) is 0 Å². The summed E-state index contributed by atoms with van der Waals surface area (Å²) in [6.07, 6.45) is 7.62. The zero-order valence-corrected chi connectivity index (χ0v) is 11.2. The van der Waals surface area contributed by atoms with Gasteiger partial charge in [-0.2, -0.15) is 5.10 Å². The Bertz CT molecular complexity index is 350. The van der Waals surface area contributed by atoms with E-state index in [1.54, 1.807) is 0 Å². The Kier molecular flexibility index (Phi) is 4.21. The molecule has 0 amide bonds. The van der Waals surface area contributed by atoms with Gasteiger partial charge in [-0.3, -0.25) is 4.68 Å². The van der Waals surface area contributed by atoms with Crippen LogP contribution < -0.4 is 5.73 Å². The number of hydrogen-bond acceptors (Lipinski definition) is 2. The molecule has 1 heterocycles. The Morgan fingerprint density at radius 3 is 2.82 bits per heavy atom. The van der Waals surface area contributed by atoms with Gasteiger partial charge < -0.3 is 5.73 Å². The lowest BCUT2D eigenvalue weighted by molar-refractivity contribution is 0.406. The molecule has 3 nitrogen and oxygen atoms in total. The molecular formula is C14H25N3. The average molecular weight is 235 g/mol. The maximum Gasteiger partial charge on any atom is 0.0596 e. The molecule has 1 aromatic heterocycles. The van der Waals surface area contributed by atoms with E-state index in [9.17, 15) is 0 Å². The Labute approximate surface area is 104 Å². The topological polar surface area (TPSA) is 43.8 Å². The van der Waals surface area contributed by atoms with Crippen LogP contribution in [-0.4, -0.2) is 15.8 Å². The van der Waals surface area contributed by atoms with E-state index < -0.39 is 0 Å². The third-order valence-corrected chi connectivity index (χ3v) is 4.02. The van der Waals surface area contributed by atoms with Crippen molar-refractivity contribution in [3.8, 4) is 0 Å². The first kappa shape index (κ1) is 12.6. The molecule has 0 aliphatic heterocycles. The monoisotopic (exact) mass is 235 g/mol. The fraction of sp³-hybridized carbons (Fsp3) is 0.786. The van der Waals surface area contributed by atoms with E-state index in [2.05, 4.69) is 29.7 Å². The summed E-state index contributed by atoms with van der Waals surface area (Å²) in [5, 5.41) is 4.48. The van der Waals surface area contributed by atoms with Gasteiger partial charge in [0.2, 0.25) is 0 Å². The number of nitrogens with zero attached hydrogens (tertiary/aromatic N) is 2. The average Bonchev–Trinajstić information content (AvgIpc) is 2.94. The highest BCUT2D eigenvalue weighted by atomic mass is 15.3. The van der Waals surface area contributed by atoms with Gasteiger partial charge in [-0.05, 0) is 51.5 Å². The maximum absolute atomic E-state index is 6.30. The van der Waals surface area contributed by atoms with E-state index in [1.165, 1.54) is 31.4 Å². The molecule has 96 valence electrons. The molecule has 0 aromatic carbocycles. The van der Waals surface area contributed by atoms with Crippen LogP contribution in [0.15, 0.2) is 6.07 Å². The lowest BCUT2D eigenvalue weighted by Crippen LogP contribution is -2.29. The summed E-state index contributed by atoms with van der Waals surface area (Å²) < 4.78 is 2.11. The minimum atomic E-state index is 0.387. The van der Waals surface area contributed by atoms with E-state index >= 15 is 0 Å². The molecule has 1 saturated carbocycles. The summed E-state index contributed by atoms with van der Waals surface area (Å²) in [5.74, 6) is 0.772. The SMILES string of the molecule is CCn1nc(C)cc1CCC(N)C1CCCC1. The minimum Gasteiger partial charge on any atom is -0.327 e. The highest BCUT2D eigenvalue weighted by Gasteiger charge is 2.21. The maximum atomic E-state index is 6.30. The van der Waals surface area contributed by atoms with E-state index in [0.717, 1.165) is 31.0 Å². The molecule has 1 aromatic rings. The number of hydrogen-bond donors (Lipinski definition) is 1. The van der Waals surface area contributed by atoms with E-state index in [0.29, 0.717) is 6.04 Å². The van der Waals surface area contributed by atoms with Crippen molar-refractivity contribution in [3.63, 3.8) is 0 Å². The van der Waals surface area contributed by atoms with Crippen molar-refractivity contribution in [2.75, 3.05) is 0 Å². The molecular weight excluding hydrogens is 210 g/mol. The van der Waals surface area contributed by atoms with Crippen LogP contribution in [0, 0.1) is 12.8 Å². The second-order valence-electron chi connectivity index (χ2n) is 5.34. The molecule has 1 aliphatic rings. The highest BCUT2D eigenvalue weighted by molar-refractivity contribution is 5.09. The molecule has 1 unspecified atom stereocenters. The fourth-order valence-corrected chi connectivity index (χ4v) is 3.01. The molecule has 0 saturated heterocycles. The zero-order valence-electron chi connectivity index (χ0n) is 11.2. The zero-order chi connectivity index (χ0) is 12.3. The molecule has 1 atom stereocenters. The van der Waals surface area contributed by atoms with Crippen LogP contribution in [0.5, 0.6) is 0 Å². The number of nitrogens with two attached hydrogens (primary N) is 1. The molecule has 3 heteroatoms. The molecule has 1 fully saturated rings. The lowest BCUT2D eigenvalue weighted by atomic mass is 9.94. The first-order valence-corrected chi connectivity index (χ1v) is 6.99. The fourth-order valence-electron chi connectivity index (χ4n) is 3.01. The van der Waals surface area contributed by atoms with Crippen molar-refractivity contribution in [1.82, 2.24) is 9.78 Å². The number of rotatable bonds is 5. The van der Waals surface area contributed by atoms with Gasteiger partial charge in [-0.15, -0.1) is 0 Å². The van der Waals surface area contributed by atoms with Crippen LogP contribution >= 0.6 is 0 Å². The van der Waals surface area contributed by atoms with Crippen molar-refractivity contribution >= 4 is 0 Å². The molecule has 2 N–H and O–H groups in total. The number of aromatic nitrogens is 2. The predicted octanol–water partition coefficient (Wildman–Crippen LogP) is 2.66. The van der Waals surface area contributed by atoms with Crippen LogP contribution in [0.2, 0.25) is 0 Å². The second-order valence-corrected chi connectivity index (χ2v) is 5.34. The van der Waals surface area contributed by atoms with Crippen LogP contribution in [0.4, 0.5) is 0 Å². The predicted molar refractivity (Wildman–Crippen MR) is 70.9 cm³/mol. The normalized spacial score (nSPS) is 18.8. The second kappa shape index (κ2) is 5.67.